The van der Waals surface area contributed by atoms with Crippen LogP contribution in [0.3, 0.4) is 0 Å². The number of carbonyl (C=O) groups excluding carboxylic acids is 1. The Morgan fingerprint density at radius 1 is 1.27 bits per heavy atom. The molecule has 1 amide bonds. The number of methoxy groups -OCH3 is 1. The minimum Gasteiger partial charge on any atom is -0.497 e. The lowest BCUT2D eigenvalue weighted by atomic mass is 10.0. The molecule has 1 atom stereocenters. The Kier molecular flexibility index (Phi) is 5.22. The molecule has 30 heavy (non-hydrogen) atoms. The van der Waals surface area contributed by atoms with Gasteiger partial charge >= 0.3 is 0 Å². The Bertz CT molecular complexity index is 1200. The van der Waals surface area contributed by atoms with Gasteiger partial charge in [-0.15, -0.1) is 0 Å². The number of nitrogens with one attached hydrogen (secondary N) is 1. The Morgan fingerprint density at radius 2 is 2.10 bits per heavy atom. The number of carbonyl (C=O) groups is 1. The number of ether oxygens (including phenoxy) is 1. The largest absolute Gasteiger partial charge is 0.497 e. The van der Waals surface area contributed by atoms with Crippen molar-refractivity contribution in [1.29, 1.82) is 0 Å². The summed E-state index contributed by atoms with van der Waals surface area (Å²) in [6.45, 7) is 4.43. The monoisotopic (exact) mass is 404 g/mol. The first-order valence-electron chi connectivity index (χ1n) is 9.73. The van der Waals surface area contributed by atoms with Crippen molar-refractivity contribution in [2.45, 2.75) is 26.4 Å². The molecule has 154 valence electrons. The first-order chi connectivity index (χ1) is 14.5. The Labute approximate surface area is 174 Å². The van der Waals surface area contributed by atoms with Crippen LogP contribution in [0.15, 0.2) is 48.8 Å². The number of pyridine rings is 1. The second-order valence-electron chi connectivity index (χ2n) is 7.30. The number of benzene rings is 1. The van der Waals surface area contributed by atoms with Gasteiger partial charge in [-0.1, -0.05) is 12.1 Å². The fourth-order valence-corrected chi connectivity index (χ4v) is 3.59. The van der Waals surface area contributed by atoms with Gasteiger partial charge in [-0.2, -0.15) is 10.2 Å². The predicted octanol–water partition coefficient (Wildman–Crippen LogP) is 2.97. The van der Waals surface area contributed by atoms with E-state index >= 15 is 0 Å². The lowest BCUT2D eigenvalue weighted by molar-refractivity contribution is 0.0937. The van der Waals surface area contributed by atoms with Crippen LogP contribution in [-0.4, -0.2) is 43.6 Å². The van der Waals surface area contributed by atoms with Crippen molar-refractivity contribution >= 4 is 16.9 Å². The highest BCUT2D eigenvalue weighted by molar-refractivity contribution is 6.07. The van der Waals surface area contributed by atoms with Crippen LogP contribution >= 0.6 is 0 Å². The SMILES string of the molecule is COc1cccc(-c2cc(C(=O)NC(C)Cn3cccn3)c3c(C)nn(C)c3n2)c1. The summed E-state index contributed by atoms with van der Waals surface area (Å²) >= 11 is 0. The highest BCUT2D eigenvalue weighted by Gasteiger charge is 2.20. The molecule has 0 radical (unpaired) electrons. The van der Waals surface area contributed by atoms with Crippen molar-refractivity contribution < 1.29 is 9.53 Å². The number of fused-ring (bicyclic) bond motifs is 1. The molecule has 1 aromatic carbocycles. The topological polar surface area (TPSA) is 86.9 Å². The van der Waals surface area contributed by atoms with Crippen LogP contribution in [0.4, 0.5) is 0 Å². The van der Waals surface area contributed by atoms with Crippen LogP contribution < -0.4 is 10.1 Å². The maximum atomic E-state index is 13.2. The van der Waals surface area contributed by atoms with Gasteiger partial charge in [-0.25, -0.2) is 4.98 Å². The number of hydrogen-bond acceptors (Lipinski definition) is 5. The molecule has 4 aromatic rings. The third-order valence-electron chi connectivity index (χ3n) is 4.98. The van der Waals surface area contributed by atoms with Crippen LogP contribution in [0.25, 0.3) is 22.3 Å². The van der Waals surface area contributed by atoms with E-state index in [1.54, 1.807) is 22.7 Å². The maximum absolute atomic E-state index is 13.2. The number of hydrogen-bond donors (Lipinski definition) is 1. The lowest BCUT2D eigenvalue weighted by Crippen LogP contribution is -2.36. The molecule has 0 aliphatic heterocycles. The van der Waals surface area contributed by atoms with Crippen LogP contribution in [-0.2, 0) is 13.6 Å². The van der Waals surface area contributed by atoms with E-state index in [9.17, 15) is 4.79 Å². The van der Waals surface area contributed by atoms with E-state index in [-0.39, 0.29) is 11.9 Å². The zero-order valence-electron chi connectivity index (χ0n) is 17.5. The molecule has 8 heteroatoms. The normalized spacial score (nSPS) is 12.1. The Balaban J connectivity index is 1.74. The summed E-state index contributed by atoms with van der Waals surface area (Å²) in [5, 5.41) is 12.5. The van der Waals surface area contributed by atoms with Gasteiger partial charge in [0.25, 0.3) is 5.91 Å². The van der Waals surface area contributed by atoms with Gasteiger partial charge in [0, 0.05) is 31.0 Å². The van der Waals surface area contributed by atoms with Crippen molar-refractivity contribution in [3.8, 4) is 17.0 Å². The van der Waals surface area contributed by atoms with Gasteiger partial charge in [0.05, 0.1) is 36.0 Å². The van der Waals surface area contributed by atoms with E-state index in [2.05, 4.69) is 15.5 Å². The zero-order valence-corrected chi connectivity index (χ0v) is 17.5. The van der Waals surface area contributed by atoms with E-state index in [0.29, 0.717) is 23.4 Å². The van der Waals surface area contributed by atoms with E-state index in [1.165, 1.54) is 0 Å². The lowest BCUT2D eigenvalue weighted by Gasteiger charge is -2.15. The van der Waals surface area contributed by atoms with Crippen molar-refractivity contribution in [3.63, 3.8) is 0 Å². The second kappa shape index (κ2) is 7.98. The molecule has 0 saturated carbocycles. The highest BCUT2D eigenvalue weighted by Crippen LogP contribution is 2.28. The number of aryl methyl sites for hydroxylation is 2. The number of nitrogens with zero attached hydrogens (tertiary/aromatic N) is 5. The van der Waals surface area contributed by atoms with Crippen molar-refractivity contribution in [2.75, 3.05) is 7.11 Å². The summed E-state index contributed by atoms with van der Waals surface area (Å²) in [6, 6.07) is 11.2. The smallest absolute Gasteiger partial charge is 0.252 e. The molecule has 3 aromatic heterocycles. The highest BCUT2D eigenvalue weighted by atomic mass is 16.5. The van der Waals surface area contributed by atoms with Gasteiger partial charge in [0.2, 0.25) is 0 Å². The van der Waals surface area contributed by atoms with Gasteiger partial charge < -0.3 is 10.1 Å². The van der Waals surface area contributed by atoms with Gasteiger partial charge in [-0.3, -0.25) is 14.2 Å². The number of aromatic nitrogens is 5. The van der Waals surface area contributed by atoms with Crippen molar-refractivity contribution in [2.24, 2.45) is 7.05 Å². The molecule has 1 unspecified atom stereocenters. The standard InChI is InChI=1S/C22H24N6O2/c1-14(13-28-10-6-9-23-28)24-22(29)18-12-19(16-7-5-8-17(11-16)30-4)25-21-20(18)15(2)26-27(21)3/h5-12,14H,13H2,1-4H3,(H,24,29). The van der Waals surface area contributed by atoms with Crippen LogP contribution in [0.1, 0.15) is 23.0 Å². The quantitative estimate of drug-likeness (QED) is 0.534. The molecule has 3 heterocycles. The number of rotatable bonds is 6. The van der Waals surface area contributed by atoms with Crippen LogP contribution in [0, 0.1) is 6.92 Å². The van der Waals surface area contributed by atoms with E-state index in [4.69, 9.17) is 9.72 Å². The van der Waals surface area contributed by atoms with Crippen molar-refractivity contribution in [1.82, 2.24) is 29.9 Å². The fraction of sp³-hybridized carbons (Fsp3) is 0.273. The molecule has 0 saturated heterocycles. The third-order valence-corrected chi connectivity index (χ3v) is 4.98. The molecular weight excluding hydrogens is 380 g/mol. The molecule has 0 fully saturated rings. The zero-order chi connectivity index (χ0) is 21.3. The molecular formula is C22H24N6O2. The summed E-state index contributed by atoms with van der Waals surface area (Å²) in [4.78, 5) is 18.0. The van der Waals surface area contributed by atoms with Crippen LogP contribution in [0.2, 0.25) is 0 Å². The summed E-state index contributed by atoms with van der Waals surface area (Å²) < 4.78 is 8.84. The number of amides is 1. The average molecular weight is 404 g/mol. The summed E-state index contributed by atoms with van der Waals surface area (Å²) in [5.41, 5.74) is 3.54. The molecule has 1 N–H and O–H groups in total. The summed E-state index contributed by atoms with van der Waals surface area (Å²) in [7, 11) is 3.46. The minimum atomic E-state index is -0.165. The molecule has 8 nitrogen and oxygen atoms in total. The van der Waals surface area contributed by atoms with Crippen molar-refractivity contribution in [3.05, 3.63) is 60.0 Å². The molecule has 0 spiro atoms. The predicted molar refractivity (Wildman–Crippen MR) is 114 cm³/mol. The fourth-order valence-electron chi connectivity index (χ4n) is 3.59. The minimum absolute atomic E-state index is 0.0992. The van der Waals surface area contributed by atoms with E-state index in [0.717, 1.165) is 22.4 Å². The first kappa shape index (κ1) is 19.6. The molecule has 0 aliphatic rings. The second-order valence-corrected chi connectivity index (χ2v) is 7.30. The van der Waals surface area contributed by atoms with E-state index in [1.807, 2.05) is 63.5 Å². The van der Waals surface area contributed by atoms with Gasteiger partial charge in [-0.05, 0) is 38.1 Å². The molecule has 4 rings (SSSR count). The third kappa shape index (κ3) is 3.76. The average Bonchev–Trinajstić information content (AvgIpc) is 3.35. The van der Waals surface area contributed by atoms with Gasteiger partial charge in [0.15, 0.2) is 5.65 Å². The summed E-state index contributed by atoms with van der Waals surface area (Å²) in [6.07, 6.45) is 3.60. The Morgan fingerprint density at radius 3 is 2.83 bits per heavy atom. The van der Waals surface area contributed by atoms with Crippen LogP contribution in [0.5, 0.6) is 5.75 Å². The molecule has 0 aliphatic carbocycles. The summed E-state index contributed by atoms with van der Waals surface area (Å²) in [5.74, 6) is 0.566. The van der Waals surface area contributed by atoms with Gasteiger partial charge in [0.1, 0.15) is 5.75 Å². The van der Waals surface area contributed by atoms with E-state index < -0.39 is 0 Å². The molecule has 0 bridgehead atoms. The Hall–Kier alpha value is -3.68. The first-order valence-corrected chi connectivity index (χ1v) is 9.73. The maximum Gasteiger partial charge on any atom is 0.252 e.